The molecule has 0 bridgehead atoms. The molecule has 0 radical (unpaired) electrons. The number of hydrogen-bond acceptors (Lipinski definition) is 5. The normalized spacial score (nSPS) is 23.2. The van der Waals surface area contributed by atoms with Gasteiger partial charge >= 0.3 is 6.03 Å². The summed E-state index contributed by atoms with van der Waals surface area (Å²) in [5, 5.41) is 5.75. The highest BCUT2D eigenvalue weighted by atomic mass is 16.5. The number of imide groups is 1. The summed E-state index contributed by atoms with van der Waals surface area (Å²) in [4.78, 5) is 40.0. The average Bonchev–Trinajstić information content (AvgIpc) is 3.44. The SMILES string of the molecule is CN1C(=O)c2ccc(NC(=O)NC[C@H]([C@H]3CCOC3)N3CCCC3)cc2C1=O. The third-order valence-electron chi connectivity index (χ3n) is 5.94. The zero-order valence-corrected chi connectivity index (χ0v) is 16.1. The fourth-order valence-electron chi connectivity index (χ4n) is 4.33. The van der Waals surface area contributed by atoms with Crippen LogP contribution in [0.4, 0.5) is 10.5 Å². The summed E-state index contributed by atoms with van der Waals surface area (Å²) in [6.45, 7) is 4.24. The number of urea groups is 1. The Morgan fingerprint density at radius 1 is 1.21 bits per heavy atom. The van der Waals surface area contributed by atoms with Gasteiger partial charge in [0.15, 0.2) is 0 Å². The van der Waals surface area contributed by atoms with Gasteiger partial charge < -0.3 is 15.4 Å². The van der Waals surface area contributed by atoms with Gasteiger partial charge in [-0.2, -0.15) is 0 Å². The van der Waals surface area contributed by atoms with Crippen LogP contribution in [0.15, 0.2) is 18.2 Å². The highest BCUT2D eigenvalue weighted by molar-refractivity contribution is 6.21. The van der Waals surface area contributed by atoms with Crippen molar-refractivity contribution in [3.05, 3.63) is 29.3 Å². The maximum Gasteiger partial charge on any atom is 0.319 e. The summed E-state index contributed by atoms with van der Waals surface area (Å²) in [5.74, 6) is -0.222. The second-order valence-electron chi connectivity index (χ2n) is 7.70. The first kappa shape index (κ1) is 18.9. The van der Waals surface area contributed by atoms with Crippen LogP contribution in [0.1, 0.15) is 40.0 Å². The molecule has 1 aromatic carbocycles. The van der Waals surface area contributed by atoms with Crippen molar-refractivity contribution in [2.24, 2.45) is 5.92 Å². The van der Waals surface area contributed by atoms with Crippen molar-refractivity contribution in [2.75, 3.05) is 45.2 Å². The van der Waals surface area contributed by atoms with E-state index in [0.717, 1.165) is 37.6 Å². The van der Waals surface area contributed by atoms with E-state index >= 15 is 0 Å². The van der Waals surface area contributed by atoms with E-state index in [0.29, 0.717) is 29.3 Å². The van der Waals surface area contributed by atoms with Crippen molar-refractivity contribution in [3.63, 3.8) is 0 Å². The minimum Gasteiger partial charge on any atom is -0.381 e. The number of amides is 4. The highest BCUT2D eigenvalue weighted by Crippen LogP contribution is 2.26. The molecule has 2 N–H and O–H groups in total. The number of hydrogen-bond donors (Lipinski definition) is 2. The van der Waals surface area contributed by atoms with Crippen LogP contribution < -0.4 is 10.6 Å². The Morgan fingerprint density at radius 3 is 2.68 bits per heavy atom. The van der Waals surface area contributed by atoms with Gasteiger partial charge in [0, 0.05) is 37.8 Å². The Bertz CT molecular complexity index is 768. The van der Waals surface area contributed by atoms with E-state index in [1.807, 2.05) is 0 Å². The summed E-state index contributed by atoms with van der Waals surface area (Å²) in [6, 6.07) is 4.75. The molecule has 28 heavy (non-hydrogen) atoms. The zero-order chi connectivity index (χ0) is 19.7. The third-order valence-corrected chi connectivity index (χ3v) is 5.94. The Kier molecular flexibility index (Phi) is 5.32. The fraction of sp³-hybridized carbons (Fsp3) is 0.550. The lowest BCUT2D eigenvalue weighted by Gasteiger charge is -2.31. The van der Waals surface area contributed by atoms with Gasteiger partial charge in [0.1, 0.15) is 0 Å². The Labute approximate surface area is 164 Å². The van der Waals surface area contributed by atoms with Crippen LogP contribution in [-0.4, -0.2) is 73.6 Å². The maximum absolute atomic E-state index is 12.4. The first-order chi connectivity index (χ1) is 13.5. The standard InChI is InChI=1S/C20H26N4O4/c1-23-18(25)15-5-4-14(10-16(15)19(23)26)22-20(27)21-11-17(13-6-9-28-12-13)24-7-2-3-8-24/h4-5,10,13,17H,2-3,6-9,11-12H2,1H3,(H2,21,22,27)/t13-,17+/m0/s1. The van der Waals surface area contributed by atoms with Gasteiger partial charge in [0.2, 0.25) is 0 Å². The number of carbonyl (C=O) groups is 3. The predicted molar refractivity (Wildman–Crippen MR) is 103 cm³/mol. The molecule has 3 aliphatic rings. The molecule has 0 spiro atoms. The van der Waals surface area contributed by atoms with Crippen LogP contribution in [0, 0.1) is 5.92 Å². The topological polar surface area (TPSA) is 91.0 Å². The monoisotopic (exact) mass is 386 g/mol. The summed E-state index contributed by atoms with van der Waals surface area (Å²) in [5.41, 5.74) is 1.19. The van der Waals surface area contributed by atoms with Crippen LogP contribution in [0.2, 0.25) is 0 Å². The van der Waals surface area contributed by atoms with Crippen molar-refractivity contribution in [1.29, 1.82) is 0 Å². The number of likely N-dealkylation sites (tertiary alicyclic amines) is 1. The van der Waals surface area contributed by atoms with Gasteiger partial charge in [-0.25, -0.2) is 4.79 Å². The van der Waals surface area contributed by atoms with Crippen molar-refractivity contribution >= 4 is 23.5 Å². The lowest BCUT2D eigenvalue weighted by Crippen LogP contribution is -2.48. The molecule has 4 rings (SSSR count). The molecule has 1 aromatic rings. The van der Waals surface area contributed by atoms with Crippen LogP contribution in [0.25, 0.3) is 0 Å². The average molecular weight is 386 g/mol. The molecule has 150 valence electrons. The van der Waals surface area contributed by atoms with Crippen LogP contribution in [0.3, 0.4) is 0 Å². The molecule has 0 saturated carbocycles. The van der Waals surface area contributed by atoms with Crippen LogP contribution >= 0.6 is 0 Å². The smallest absolute Gasteiger partial charge is 0.319 e. The minimum atomic E-state index is -0.348. The molecule has 2 fully saturated rings. The van der Waals surface area contributed by atoms with E-state index in [9.17, 15) is 14.4 Å². The van der Waals surface area contributed by atoms with Crippen LogP contribution in [0.5, 0.6) is 0 Å². The summed E-state index contributed by atoms with van der Waals surface area (Å²) >= 11 is 0. The van der Waals surface area contributed by atoms with E-state index in [2.05, 4.69) is 15.5 Å². The van der Waals surface area contributed by atoms with Gasteiger partial charge in [-0.3, -0.25) is 19.4 Å². The third kappa shape index (κ3) is 3.62. The molecule has 0 aliphatic carbocycles. The molecule has 0 aromatic heterocycles. The Balaban J connectivity index is 1.37. The number of fused-ring (bicyclic) bond motifs is 1. The molecular weight excluding hydrogens is 360 g/mol. The second-order valence-corrected chi connectivity index (χ2v) is 7.70. The largest absolute Gasteiger partial charge is 0.381 e. The lowest BCUT2D eigenvalue weighted by molar-refractivity contribution is 0.0693. The second kappa shape index (κ2) is 7.89. The van der Waals surface area contributed by atoms with E-state index < -0.39 is 0 Å². The maximum atomic E-state index is 12.4. The van der Waals surface area contributed by atoms with Gasteiger partial charge in [0.05, 0.1) is 17.7 Å². The van der Waals surface area contributed by atoms with Crippen LogP contribution in [-0.2, 0) is 4.74 Å². The van der Waals surface area contributed by atoms with Gasteiger partial charge in [-0.15, -0.1) is 0 Å². The molecule has 3 heterocycles. The molecule has 2 atom stereocenters. The highest BCUT2D eigenvalue weighted by Gasteiger charge is 2.34. The van der Waals surface area contributed by atoms with E-state index in [4.69, 9.17) is 4.74 Å². The van der Waals surface area contributed by atoms with E-state index in [1.165, 1.54) is 19.9 Å². The van der Waals surface area contributed by atoms with Gasteiger partial charge in [-0.05, 0) is 50.6 Å². The van der Waals surface area contributed by atoms with E-state index in [1.54, 1.807) is 18.2 Å². The molecule has 3 aliphatic heterocycles. The van der Waals surface area contributed by atoms with Crippen molar-refractivity contribution < 1.29 is 19.1 Å². The molecule has 8 nitrogen and oxygen atoms in total. The predicted octanol–water partition coefficient (Wildman–Crippen LogP) is 1.53. The van der Waals surface area contributed by atoms with Crippen molar-refractivity contribution in [1.82, 2.24) is 15.1 Å². The van der Waals surface area contributed by atoms with Crippen molar-refractivity contribution in [3.8, 4) is 0 Å². The Hall–Kier alpha value is -2.45. The number of anilines is 1. The summed E-state index contributed by atoms with van der Waals surface area (Å²) < 4.78 is 5.55. The number of ether oxygens (including phenoxy) is 1. The number of carbonyl (C=O) groups excluding carboxylic acids is 3. The Morgan fingerprint density at radius 2 is 1.96 bits per heavy atom. The van der Waals surface area contributed by atoms with Gasteiger partial charge in [-0.1, -0.05) is 0 Å². The zero-order valence-electron chi connectivity index (χ0n) is 16.1. The number of benzene rings is 1. The summed E-state index contributed by atoms with van der Waals surface area (Å²) in [6.07, 6.45) is 3.43. The van der Waals surface area contributed by atoms with Crippen molar-refractivity contribution in [2.45, 2.75) is 25.3 Å². The molecule has 2 saturated heterocycles. The molecule has 0 unspecified atom stereocenters. The lowest BCUT2D eigenvalue weighted by atomic mass is 9.97. The number of nitrogens with one attached hydrogen (secondary N) is 2. The first-order valence-electron chi connectivity index (χ1n) is 9.87. The van der Waals surface area contributed by atoms with E-state index in [-0.39, 0.29) is 23.9 Å². The van der Waals surface area contributed by atoms with Gasteiger partial charge in [0.25, 0.3) is 11.8 Å². The quantitative estimate of drug-likeness (QED) is 0.749. The minimum absolute atomic E-state index is 0.281. The number of rotatable bonds is 5. The number of nitrogens with zero attached hydrogens (tertiary/aromatic N) is 2. The first-order valence-corrected chi connectivity index (χ1v) is 9.87. The molecule has 4 amide bonds. The molecular formula is C20H26N4O4. The fourth-order valence-corrected chi connectivity index (χ4v) is 4.33. The molecule has 8 heteroatoms. The summed E-state index contributed by atoms with van der Waals surface area (Å²) in [7, 11) is 1.45.